The molecule has 3 aromatic rings. The van der Waals surface area contributed by atoms with Crippen LogP contribution < -0.4 is 5.32 Å². The fraction of sp³-hybridized carbons (Fsp3) is 0.222. The van der Waals surface area contributed by atoms with E-state index in [-0.39, 0.29) is 5.91 Å². The summed E-state index contributed by atoms with van der Waals surface area (Å²) in [7, 11) is 0. The van der Waals surface area contributed by atoms with Gasteiger partial charge in [0.05, 0.1) is 17.5 Å². The lowest BCUT2D eigenvalue weighted by Crippen LogP contribution is -2.27. The fourth-order valence-corrected chi connectivity index (χ4v) is 2.67. The van der Waals surface area contributed by atoms with Gasteiger partial charge in [-0.25, -0.2) is 4.98 Å². The lowest BCUT2D eigenvalue weighted by atomic mass is 10.1. The van der Waals surface area contributed by atoms with Crippen LogP contribution in [0.2, 0.25) is 5.02 Å². The van der Waals surface area contributed by atoms with Crippen LogP contribution in [-0.4, -0.2) is 22.4 Å². The van der Waals surface area contributed by atoms with Crippen molar-refractivity contribution in [3.05, 3.63) is 64.4 Å². The highest BCUT2D eigenvalue weighted by Gasteiger charge is 2.06. The van der Waals surface area contributed by atoms with Gasteiger partial charge in [-0.2, -0.15) is 0 Å². The number of aromatic nitrogens is 2. The largest absolute Gasteiger partial charge is 0.355 e. The maximum absolute atomic E-state index is 12.0. The van der Waals surface area contributed by atoms with Crippen molar-refractivity contribution in [1.82, 2.24) is 15.3 Å². The molecule has 0 unspecified atom stereocenters. The number of nitrogens with one attached hydrogen (secondary N) is 2. The molecule has 4 nitrogen and oxygen atoms in total. The number of carbonyl (C=O) groups is 1. The van der Waals surface area contributed by atoms with Gasteiger partial charge >= 0.3 is 0 Å². The van der Waals surface area contributed by atoms with Crippen LogP contribution >= 0.6 is 11.6 Å². The van der Waals surface area contributed by atoms with Gasteiger partial charge in [0.2, 0.25) is 5.91 Å². The summed E-state index contributed by atoms with van der Waals surface area (Å²) in [5.74, 6) is 0.902. The second-order valence-electron chi connectivity index (χ2n) is 5.58. The summed E-state index contributed by atoms with van der Waals surface area (Å²) in [6, 6.07) is 13.5. The van der Waals surface area contributed by atoms with E-state index in [1.54, 1.807) is 0 Å². The van der Waals surface area contributed by atoms with E-state index >= 15 is 0 Å². The first-order valence-electron chi connectivity index (χ1n) is 7.56. The fourth-order valence-electron chi connectivity index (χ4n) is 2.54. The van der Waals surface area contributed by atoms with Crippen LogP contribution in [0.15, 0.2) is 42.5 Å². The molecular weight excluding hydrogens is 310 g/mol. The monoisotopic (exact) mass is 327 g/mol. The molecule has 23 heavy (non-hydrogen) atoms. The van der Waals surface area contributed by atoms with Gasteiger partial charge in [-0.15, -0.1) is 0 Å². The molecule has 118 valence electrons. The minimum absolute atomic E-state index is 0.0227. The van der Waals surface area contributed by atoms with Crippen molar-refractivity contribution in [2.24, 2.45) is 0 Å². The molecule has 2 aromatic carbocycles. The lowest BCUT2D eigenvalue weighted by Gasteiger charge is -2.06. The van der Waals surface area contributed by atoms with E-state index in [1.165, 1.54) is 0 Å². The molecule has 0 saturated carbocycles. The third kappa shape index (κ3) is 4.11. The summed E-state index contributed by atoms with van der Waals surface area (Å²) in [5, 5.41) is 3.67. The number of amides is 1. The number of aryl methyl sites for hydroxylation is 1. The number of halogens is 1. The summed E-state index contributed by atoms with van der Waals surface area (Å²) in [6.07, 6.45) is 1.16. The normalized spacial score (nSPS) is 10.9. The van der Waals surface area contributed by atoms with Crippen LogP contribution in [0.4, 0.5) is 0 Å². The third-order valence-electron chi connectivity index (χ3n) is 3.68. The van der Waals surface area contributed by atoms with Gasteiger partial charge in [0.15, 0.2) is 0 Å². The average Bonchev–Trinajstić information content (AvgIpc) is 2.88. The smallest absolute Gasteiger partial charge is 0.224 e. The second-order valence-corrected chi connectivity index (χ2v) is 6.01. The van der Waals surface area contributed by atoms with Crippen molar-refractivity contribution in [3.63, 3.8) is 0 Å². The zero-order chi connectivity index (χ0) is 16.2. The van der Waals surface area contributed by atoms with Crippen LogP contribution in [0.5, 0.6) is 0 Å². The predicted octanol–water partition coefficient (Wildman–Crippen LogP) is 3.43. The van der Waals surface area contributed by atoms with Crippen molar-refractivity contribution >= 4 is 28.5 Å². The Bertz CT molecular complexity index is 824. The summed E-state index contributed by atoms with van der Waals surface area (Å²) in [4.78, 5) is 19.6. The summed E-state index contributed by atoms with van der Waals surface area (Å²) >= 11 is 5.85. The van der Waals surface area contributed by atoms with E-state index in [9.17, 15) is 4.79 Å². The Kier molecular flexibility index (Phi) is 4.63. The Labute approximate surface area is 139 Å². The quantitative estimate of drug-likeness (QED) is 0.754. The Morgan fingerprint density at radius 2 is 1.91 bits per heavy atom. The van der Waals surface area contributed by atoms with Crippen molar-refractivity contribution < 1.29 is 4.79 Å². The minimum Gasteiger partial charge on any atom is -0.355 e. The number of imidazole rings is 1. The van der Waals surface area contributed by atoms with Crippen LogP contribution in [-0.2, 0) is 17.6 Å². The highest BCUT2D eigenvalue weighted by Crippen LogP contribution is 2.14. The maximum atomic E-state index is 12.0. The van der Waals surface area contributed by atoms with E-state index in [2.05, 4.69) is 15.3 Å². The molecule has 5 heteroatoms. The Balaban J connectivity index is 1.52. The first-order valence-corrected chi connectivity index (χ1v) is 7.94. The maximum Gasteiger partial charge on any atom is 0.224 e. The molecule has 1 amide bonds. The van der Waals surface area contributed by atoms with Gasteiger partial charge in [0, 0.05) is 11.6 Å². The minimum atomic E-state index is 0.0227. The molecule has 2 N–H and O–H groups in total. The van der Waals surface area contributed by atoms with Gasteiger partial charge in [0.1, 0.15) is 5.82 Å². The molecule has 0 radical (unpaired) electrons. The molecule has 1 aromatic heterocycles. The number of H-pyrrole nitrogens is 1. The summed E-state index contributed by atoms with van der Waals surface area (Å²) < 4.78 is 0. The zero-order valence-corrected chi connectivity index (χ0v) is 13.7. The second kappa shape index (κ2) is 6.84. The average molecular weight is 328 g/mol. The molecular formula is C18H18ClN3O. The molecule has 0 aliphatic heterocycles. The van der Waals surface area contributed by atoms with Gasteiger partial charge in [-0.1, -0.05) is 29.8 Å². The van der Waals surface area contributed by atoms with Gasteiger partial charge < -0.3 is 10.3 Å². The van der Waals surface area contributed by atoms with Gasteiger partial charge in [-0.05, 0) is 48.7 Å². The Hall–Kier alpha value is -2.33. The number of hydrogen-bond donors (Lipinski definition) is 2. The van der Waals surface area contributed by atoms with E-state index in [4.69, 9.17) is 11.6 Å². The van der Waals surface area contributed by atoms with Crippen LogP contribution in [0, 0.1) is 6.92 Å². The lowest BCUT2D eigenvalue weighted by molar-refractivity contribution is -0.120. The number of hydrogen-bond acceptors (Lipinski definition) is 2. The van der Waals surface area contributed by atoms with Crippen molar-refractivity contribution in [2.75, 3.05) is 6.54 Å². The molecule has 0 aliphatic rings. The SMILES string of the molecule is Cc1nc2ccc(CC(=O)NCCc3ccc(Cl)cc3)cc2[nH]1. The molecule has 0 atom stereocenters. The van der Waals surface area contributed by atoms with E-state index in [1.807, 2.05) is 49.4 Å². The Morgan fingerprint density at radius 1 is 1.17 bits per heavy atom. The summed E-state index contributed by atoms with van der Waals surface area (Å²) in [5.41, 5.74) is 4.03. The first-order chi connectivity index (χ1) is 11.1. The number of aromatic amines is 1. The van der Waals surface area contributed by atoms with Gasteiger partial charge in [-0.3, -0.25) is 4.79 Å². The number of fused-ring (bicyclic) bond motifs is 1. The molecule has 0 fully saturated rings. The predicted molar refractivity (Wildman–Crippen MR) is 92.7 cm³/mol. The van der Waals surface area contributed by atoms with Crippen molar-refractivity contribution in [1.29, 1.82) is 0 Å². The summed E-state index contributed by atoms with van der Waals surface area (Å²) in [6.45, 7) is 2.54. The van der Waals surface area contributed by atoms with Crippen LogP contribution in [0.1, 0.15) is 17.0 Å². The topological polar surface area (TPSA) is 57.8 Å². The van der Waals surface area contributed by atoms with Crippen LogP contribution in [0.25, 0.3) is 11.0 Å². The molecule has 0 bridgehead atoms. The molecule has 0 aliphatic carbocycles. The highest BCUT2D eigenvalue weighted by atomic mass is 35.5. The number of nitrogens with zero attached hydrogens (tertiary/aromatic N) is 1. The molecule has 0 saturated heterocycles. The third-order valence-corrected chi connectivity index (χ3v) is 3.93. The standard InChI is InChI=1S/C18H18ClN3O/c1-12-21-16-7-4-14(10-17(16)22-12)11-18(23)20-9-8-13-2-5-15(19)6-3-13/h2-7,10H,8-9,11H2,1H3,(H,20,23)(H,21,22). The molecule has 1 heterocycles. The Morgan fingerprint density at radius 3 is 2.70 bits per heavy atom. The first kappa shape index (κ1) is 15.6. The van der Waals surface area contributed by atoms with E-state index < -0.39 is 0 Å². The number of rotatable bonds is 5. The van der Waals surface area contributed by atoms with Crippen molar-refractivity contribution in [3.8, 4) is 0 Å². The number of carbonyl (C=O) groups excluding carboxylic acids is 1. The molecule has 0 spiro atoms. The highest BCUT2D eigenvalue weighted by molar-refractivity contribution is 6.30. The van der Waals surface area contributed by atoms with Crippen molar-refractivity contribution in [2.45, 2.75) is 19.8 Å². The molecule has 3 rings (SSSR count). The van der Waals surface area contributed by atoms with Gasteiger partial charge in [0.25, 0.3) is 0 Å². The van der Waals surface area contributed by atoms with E-state index in [0.717, 1.165) is 39.4 Å². The number of benzene rings is 2. The zero-order valence-electron chi connectivity index (χ0n) is 12.9. The van der Waals surface area contributed by atoms with E-state index in [0.29, 0.717) is 13.0 Å². The van der Waals surface area contributed by atoms with Crippen LogP contribution in [0.3, 0.4) is 0 Å².